The molecule has 0 radical (unpaired) electrons. The predicted octanol–water partition coefficient (Wildman–Crippen LogP) is 16.7. The first-order valence-corrected chi connectivity index (χ1v) is 24.7. The predicted molar refractivity (Wildman–Crippen MR) is 298 cm³/mol. The number of benzene rings is 9. The number of hydrogen-bond acceptors (Lipinski definition) is 4. The fourth-order valence-corrected chi connectivity index (χ4v) is 11.7. The maximum Gasteiger partial charge on any atom is 0.0971 e. The molecule has 0 amide bonds. The van der Waals surface area contributed by atoms with E-state index in [1.54, 1.807) is 0 Å². The topological polar surface area (TPSA) is 42.1 Å². The van der Waals surface area contributed by atoms with Gasteiger partial charge >= 0.3 is 0 Å². The second-order valence-electron chi connectivity index (χ2n) is 18.9. The summed E-state index contributed by atoms with van der Waals surface area (Å²) < 4.78 is 4.95. The van der Waals surface area contributed by atoms with Gasteiger partial charge in [0.2, 0.25) is 0 Å². The van der Waals surface area contributed by atoms with Crippen LogP contribution in [0.25, 0.3) is 82.7 Å². The van der Waals surface area contributed by atoms with Crippen molar-refractivity contribution < 1.29 is 0 Å². The lowest BCUT2D eigenvalue weighted by atomic mass is 9.94. The van der Waals surface area contributed by atoms with Gasteiger partial charge in [0.05, 0.1) is 33.6 Å². The Hall–Kier alpha value is -9.00. The van der Waals surface area contributed by atoms with E-state index in [1.165, 1.54) is 44.3 Å². The van der Waals surface area contributed by atoms with E-state index in [2.05, 4.69) is 250 Å². The van der Waals surface area contributed by atoms with Crippen LogP contribution in [0.5, 0.6) is 0 Å². The number of aromatic nitrogens is 4. The monoisotopic (exact) mass is 912 g/mol. The van der Waals surface area contributed by atoms with E-state index in [4.69, 9.17) is 9.97 Å². The average molecular weight is 913 g/mol. The van der Waals surface area contributed by atoms with E-state index in [0.717, 1.165) is 84.9 Å². The Morgan fingerprint density at radius 3 is 1.69 bits per heavy atom. The Kier molecular flexibility index (Phi) is 9.59. The van der Waals surface area contributed by atoms with Gasteiger partial charge in [0.15, 0.2) is 0 Å². The van der Waals surface area contributed by atoms with Crippen molar-refractivity contribution in [2.45, 2.75) is 25.8 Å². The standard InChI is InChI=1S/C65H48N6/c1-43-17-11-14-26-59(43)69(46-22-9-4-10-23-46)48-32-36-63-58(42-48)52-25-13-16-28-61(52)71(63)50-30-34-54-56(40-50)55-39-49(29-33-53(55)64-65(54)67-38-37-66-64)70-60-27-15-12-24-51(60)57-41-47(31-35-62(57)70)68(44-18-5-2-6-19-44)45-20-7-3-8-21-45/h2-15,17-27,29-43,59H,16,28H2,1H3. The van der Waals surface area contributed by atoms with E-state index in [0.29, 0.717) is 5.92 Å². The van der Waals surface area contributed by atoms with Crippen LogP contribution in [0.4, 0.5) is 28.4 Å². The van der Waals surface area contributed by atoms with Crippen LogP contribution >= 0.6 is 0 Å². The van der Waals surface area contributed by atoms with Gasteiger partial charge in [-0.05, 0) is 133 Å². The minimum atomic E-state index is 0.189. The van der Waals surface area contributed by atoms with Crippen molar-refractivity contribution in [3.8, 4) is 11.4 Å². The molecular weight excluding hydrogens is 865 g/mol. The molecule has 9 aromatic carbocycles. The number of hydrogen-bond donors (Lipinski definition) is 0. The van der Waals surface area contributed by atoms with Crippen LogP contribution in [0.1, 0.15) is 24.6 Å². The third-order valence-corrected chi connectivity index (χ3v) is 14.9. The first kappa shape index (κ1) is 41.0. The summed E-state index contributed by atoms with van der Waals surface area (Å²) in [4.78, 5) is 14.8. The minimum absolute atomic E-state index is 0.189. The summed E-state index contributed by atoms with van der Waals surface area (Å²) in [7, 11) is 0. The molecule has 2 atom stereocenters. The molecule has 2 aliphatic carbocycles. The molecule has 0 bridgehead atoms. The number of fused-ring (bicyclic) bond motifs is 12. The van der Waals surface area contributed by atoms with Crippen molar-refractivity contribution in [3.63, 3.8) is 0 Å². The summed E-state index contributed by atoms with van der Waals surface area (Å²) in [5.74, 6) is 0.349. The van der Waals surface area contributed by atoms with E-state index in [9.17, 15) is 0 Å². The van der Waals surface area contributed by atoms with Gasteiger partial charge in [-0.3, -0.25) is 9.97 Å². The summed E-state index contributed by atoms with van der Waals surface area (Å²) in [6, 6.07) is 68.9. The third kappa shape index (κ3) is 6.63. The van der Waals surface area contributed by atoms with E-state index < -0.39 is 0 Å². The average Bonchev–Trinajstić information content (AvgIpc) is 3.95. The molecule has 6 nitrogen and oxygen atoms in total. The molecule has 0 saturated heterocycles. The Bertz CT molecular complexity index is 4110. The van der Waals surface area contributed by atoms with Crippen molar-refractivity contribution >= 4 is 99.8 Å². The highest BCUT2D eigenvalue weighted by Gasteiger charge is 2.27. The number of nitrogens with zero attached hydrogens (tertiary/aromatic N) is 6. The van der Waals surface area contributed by atoms with Crippen molar-refractivity contribution in [1.82, 2.24) is 19.1 Å². The molecule has 3 heterocycles. The Balaban J connectivity index is 0.955. The molecular formula is C65H48N6. The van der Waals surface area contributed by atoms with Gasteiger partial charge in [-0.2, -0.15) is 0 Å². The Labute approximate surface area is 412 Å². The summed E-state index contributed by atoms with van der Waals surface area (Å²) in [6.07, 6.45) is 19.3. The molecule has 0 fully saturated rings. The molecule has 0 N–H and O–H groups in total. The quantitative estimate of drug-likeness (QED) is 0.142. The molecule has 2 unspecified atom stereocenters. The minimum Gasteiger partial charge on any atom is -0.334 e. The molecule has 71 heavy (non-hydrogen) atoms. The molecule has 0 saturated carbocycles. The van der Waals surface area contributed by atoms with Gasteiger partial charge in [0.25, 0.3) is 0 Å². The fourth-order valence-electron chi connectivity index (χ4n) is 11.7. The molecule has 14 rings (SSSR count). The molecule has 338 valence electrons. The highest BCUT2D eigenvalue weighted by Crippen LogP contribution is 2.44. The number of rotatable bonds is 8. The largest absolute Gasteiger partial charge is 0.334 e. The summed E-state index contributed by atoms with van der Waals surface area (Å²) in [5, 5.41) is 8.13. The number of allylic oxidation sites excluding steroid dienone is 3. The van der Waals surface area contributed by atoms with Crippen molar-refractivity contribution in [3.05, 3.63) is 242 Å². The second-order valence-corrected chi connectivity index (χ2v) is 18.9. The molecule has 6 heteroatoms. The normalized spacial score (nSPS) is 15.4. The first-order chi connectivity index (χ1) is 35.2. The molecule has 2 aliphatic rings. The molecule has 3 aromatic heterocycles. The van der Waals surface area contributed by atoms with Crippen molar-refractivity contribution in [2.24, 2.45) is 5.92 Å². The van der Waals surface area contributed by atoms with Crippen LogP contribution in [-0.2, 0) is 6.42 Å². The van der Waals surface area contributed by atoms with E-state index in [-0.39, 0.29) is 6.04 Å². The zero-order valence-electron chi connectivity index (χ0n) is 39.3. The molecule has 0 spiro atoms. The fraction of sp³-hybridized carbons (Fsp3) is 0.0769. The van der Waals surface area contributed by atoms with Crippen LogP contribution in [0.15, 0.2) is 231 Å². The van der Waals surface area contributed by atoms with E-state index in [1.807, 2.05) is 12.4 Å². The lowest BCUT2D eigenvalue weighted by Crippen LogP contribution is -2.35. The smallest absolute Gasteiger partial charge is 0.0971 e. The first-order valence-electron chi connectivity index (χ1n) is 24.7. The third-order valence-electron chi connectivity index (χ3n) is 14.9. The number of anilines is 5. The van der Waals surface area contributed by atoms with Gasteiger partial charge in [-0.15, -0.1) is 0 Å². The highest BCUT2D eigenvalue weighted by molar-refractivity contribution is 6.24. The van der Waals surface area contributed by atoms with Crippen LogP contribution in [0.2, 0.25) is 0 Å². The van der Waals surface area contributed by atoms with Gasteiger partial charge < -0.3 is 18.9 Å². The Morgan fingerprint density at radius 1 is 0.451 bits per heavy atom. The lowest BCUT2D eigenvalue weighted by molar-refractivity contribution is 0.609. The van der Waals surface area contributed by atoms with Gasteiger partial charge in [-0.25, -0.2) is 0 Å². The van der Waals surface area contributed by atoms with Gasteiger partial charge in [-0.1, -0.05) is 128 Å². The van der Waals surface area contributed by atoms with Crippen LogP contribution in [-0.4, -0.2) is 25.1 Å². The molecule has 12 aromatic rings. The van der Waals surface area contributed by atoms with Crippen LogP contribution < -0.4 is 9.80 Å². The molecule has 0 aliphatic heterocycles. The van der Waals surface area contributed by atoms with E-state index >= 15 is 0 Å². The second kappa shape index (κ2) is 16.6. The summed E-state index contributed by atoms with van der Waals surface area (Å²) in [6.45, 7) is 2.31. The zero-order valence-corrected chi connectivity index (χ0v) is 39.3. The van der Waals surface area contributed by atoms with Gasteiger partial charge in [0.1, 0.15) is 0 Å². The van der Waals surface area contributed by atoms with Crippen LogP contribution in [0, 0.1) is 5.92 Å². The van der Waals surface area contributed by atoms with Crippen LogP contribution in [0.3, 0.4) is 0 Å². The van der Waals surface area contributed by atoms with Crippen molar-refractivity contribution in [2.75, 3.05) is 9.80 Å². The maximum absolute atomic E-state index is 4.99. The van der Waals surface area contributed by atoms with Gasteiger partial charge in [0, 0.05) is 90.4 Å². The maximum atomic E-state index is 4.99. The summed E-state index contributed by atoms with van der Waals surface area (Å²) in [5.41, 5.74) is 15.9. The zero-order chi connectivity index (χ0) is 47.0. The highest BCUT2D eigenvalue weighted by atomic mass is 15.2. The van der Waals surface area contributed by atoms with Crippen molar-refractivity contribution in [1.29, 1.82) is 0 Å². The SMILES string of the molecule is CC1C=CC=CC1N(c1ccccc1)c1ccc2c(c1)c1c(n2-c2ccc3c(c2)c2cc(-n4c5ccccc5c5cc(N(c6ccccc6)c6ccccc6)ccc54)ccc2c2nccnc32)CCC=C1. The summed E-state index contributed by atoms with van der Waals surface area (Å²) >= 11 is 0. The Morgan fingerprint density at radius 2 is 1.01 bits per heavy atom. The number of para-hydroxylation sites is 4. The lowest BCUT2D eigenvalue weighted by Gasteiger charge is -2.36.